The highest BCUT2D eigenvalue weighted by Crippen LogP contribution is 2.19. The van der Waals surface area contributed by atoms with E-state index in [1.165, 1.54) is 6.33 Å². The highest BCUT2D eigenvalue weighted by Gasteiger charge is 2.06. The van der Waals surface area contributed by atoms with E-state index in [0.717, 1.165) is 37.3 Å². The third-order valence-corrected chi connectivity index (χ3v) is 3.02. The fraction of sp³-hybridized carbons (Fsp3) is 0.417. The maximum absolute atomic E-state index is 6.02. The van der Waals surface area contributed by atoms with Gasteiger partial charge in [-0.15, -0.1) is 0 Å². The van der Waals surface area contributed by atoms with E-state index < -0.39 is 0 Å². The van der Waals surface area contributed by atoms with Gasteiger partial charge in [0.2, 0.25) is 0 Å². The van der Waals surface area contributed by atoms with Gasteiger partial charge < -0.3 is 9.88 Å². The second-order valence-electron chi connectivity index (χ2n) is 3.93. The van der Waals surface area contributed by atoms with Gasteiger partial charge in [0.25, 0.3) is 0 Å². The van der Waals surface area contributed by atoms with Gasteiger partial charge in [0.15, 0.2) is 0 Å². The molecule has 0 aliphatic carbocycles. The zero-order valence-electron chi connectivity index (χ0n) is 10.3. The smallest absolute Gasteiger partial charge is 0.137 e. The summed E-state index contributed by atoms with van der Waals surface area (Å²) in [6.07, 6.45) is 8.87. The molecule has 0 spiro atoms. The molecule has 0 aromatic carbocycles. The number of imidazole rings is 1. The average molecular weight is 266 g/mol. The van der Waals surface area contributed by atoms with Crippen molar-refractivity contribution in [1.82, 2.24) is 19.5 Å². The first-order valence-electron chi connectivity index (χ1n) is 6.00. The highest BCUT2D eigenvalue weighted by atomic mass is 35.5. The van der Waals surface area contributed by atoms with E-state index in [0.29, 0.717) is 5.15 Å². The number of aromatic nitrogens is 4. The molecule has 0 fully saturated rings. The molecule has 0 amide bonds. The van der Waals surface area contributed by atoms with Crippen molar-refractivity contribution in [2.75, 3.05) is 11.9 Å². The van der Waals surface area contributed by atoms with Gasteiger partial charge >= 0.3 is 0 Å². The van der Waals surface area contributed by atoms with Crippen molar-refractivity contribution in [3.8, 4) is 0 Å². The van der Waals surface area contributed by atoms with Gasteiger partial charge in [-0.25, -0.2) is 15.0 Å². The van der Waals surface area contributed by atoms with Crippen LogP contribution in [0.2, 0.25) is 5.15 Å². The number of anilines is 1. The van der Waals surface area contributed by atoms with Crippen LogP contribution in [0.3, 0.4) is 0 Å². The van der Waals surface area contributed by atoms with Crippen molar-refractivity contribution in [2.45, 2.75) is 26.3 Å². The van der Waals surface area contributed by atoms with Crippen LogP contribution in [-0.4, -0.2) is 26.1 Å². The maximum Gasteiger partial charge on any atom is 0.137 e. The van der Waals surface area contributed by atoms with E-state index in [9.17, 15) is 0 Å². The predicted octanol–water partition coefficient (Wildman–Crippen LogP) is 2.39. The molecule has 2 heterocycles. The Morgan fingerprint density at radius 1 is 1.39 bits per heavy atom. The molecule has 0 atom stereocenters. The number of hydrogen-bond acceptors (Lipinski definition) is 4. The lowest BCUT2D eigenvalue weighted by Gasteiger charge is -2.10. The Balaban J connectivity index is 1.85. The Bertz CT molecular complexity index is 483. The Morgan fingerprint density at radius 3 is 3.00 bits per heavy atom. The molecule has 96 valence electrons. The van der Waals surface area contributed by atoms with Crippen LogP contribution >= 0.6 is 11.6 Å². The van der Waals surface area contributed by atoms with Crippen molar-refractivity contribution in [3.05, 3.63) is 35.8 Å². The molecule has 0 aliphatic heterocycles. The Kier molecular flexibility index (Phi) is 4.52. The molecule has 2 aromatic rings. The number of hydrogen-bond donors (Lipinski definition) is 1. The molecule has 5 nitrogen and oxygen atoms in total. The number of nitrogens with zero attached hydrogens (tertiary/aromatic N) is 4. The predicted molar refractivity (Wildman–Crippen MR) is 71.8 cm³/mol. The van der Waals surface area contributed by atoms with Gasteiger partial charge in [0, 0.05) is 31.0 Å². The molecular weight excluding hydrogens is 250 g/mol. The Morgan fingerprint density at radius 2 is 2.28 bits per heavy atom. The fourth-order valence-corrected chi connectivity index (χ4v) is 2.01. The molecule has 0 saturated carbocycles. The first kappa shape index (κ1) is 12.8. The average Bonchev–Trinajstić information content (AvgIpc) is 2.88. The van der Waals surface area contributed by atoms with Crippen molar-refractivity contribution >= 4 is 17.4 Å². The summed E-state index contributed by atoms with van der Waals surface area (Å²) in [6.45, 7) is 3.83. The summed E-state index contributed by atoms with van der Waals surface area (Å²) in [6, 6.07) is 0. The largest absolute Gasteiger partial charge is 0.370 e. The molecule has 2 aromatic heterocycles. The minimum Gasteiger partial charge on any atom is -0.370 e. The number of nitrogens with one attached hydrogen (secondary N) is 1. The number of halogens is 1. The maximum atomic E-state index is 6.02. The molecule has 6 heteroatoms. The van der Waals surface area contributed by atoms with Gasteiger partial charge in [-0.05, 0) is 12.8 Å². The molecule has 0 aliphatic rings. The molecule has 0 saturated heterocycles. The van der Waals surface area contributed by atoms with E-state index >= 15 is 0 Å². The lowest BCUT2D eigenvalue weighted by Crippen LogP contribution is -2.09. The van der Waals surface area contributed by atoms with Crippen LogP contribution in [-0.2, 0) is 13.0 Å². The third kappa shape index (κ3) is 3.20. The normalized spacial score (nSPS) is 10.6. The van der Waals surface area contributed by atoms with Gasteiger partial charge in [0.1, 0.15) is 17.3 Å². The molecule has 0 radical (unpaired) electrons. The molecule has 18 heavy (non-hydrogen) atoms. The SMILES string of the molecule is CCc1c(Cl)ncnc1NCCCn1ccnc1. The van der Waals surface area contributed by atoms with Crippen molar-refractivity contribution in [3.63, 3.8) is 0 Å². The van der Waals surface area contributed by atoms with Gasteiger partial charge in [-0.1, -0.05) is 18.5 Å². The summed E-state index contributed by atoms with van der Waals surface area (Å²) in [4.78, 5) is 12.2. The van der Waals surface area contributed by atoms with Crippen molar-refractivity contribution in [1.29, 1.82) is 0 Å². The minimum absolute atomic E-state index is 0.532. The van der Waals surface area contributed by atoms with E-state index in [4.69, 9.17) is 11.6 Å². The molecular formula is C12H16ClN5. The molecule has 2 rings (SSSR count). The summed E-state index contributed by atoms with van der Waals surface area (Å²) >= 11 is 6.02. The summed E-state index contributed by atoms with van der Waals surface area (Å²) in [5.74, 6) is 0.836. The molecule has 1 N–H and O–H groups in total. The standard InChI is InChI=1S/C12H16ClN5/c1-2-10-11(13)16-8-17-12(10)15-4-3-6-18-7-5-14-9-18/h5,7-9H,2-4,6H2,1H3,(H,15,16,17). The van der Waals surface area contributed by atoms with Gasteiger partial charge in [-0.2, -0.15) is 0 Å². The third-order valence-electron chi connectivity index (χ3n) is 2.69. The monoisotopic (exact) mass is 265 g/mol. The quantitative estimate of drug-likeness (QED) is 0.644. The first-order chi connectivity index (χ1) is 8.81. The minimum atomic E-state index is 0.532. The van der Waals surface area contributed by atoms with Crippen LogP contribution in [0.1, 0.15) is 18.9 Å². The van der Waals surface area contributed by atoms with E-state index in [1.54, 1.807) is 6.20 Å². The van der Waals surface area contributed by atoms with Gasteiger partial charge in [0.05, 0.1) is 6.33 Å². The van der Waals surface area contributed by atoms with E-state index in [1.807, 2.05) is 19.4 Å². The molecule has 0 unspecified atom stereocenters. The van der Waals surface area contributed by atoms with Crippen LogP contribution in [0.4, 0.5) is 5.82 Å². The van der Waals surface area contributed by atoms with Crippen LogP contribution in [0, 0.1) is 0 Å². The van der Waals surface area contributed by atoms with Crippen LogP contribution < -0.4 is 5.32 Å². The summed E-state index contributed by atoms with van der Waals surface area (Å²) in [5.41, 5.74) is 0.974. The summed E-state index contributed by atoms with van der Waals surface area (Å²) in [7, 11) is 0. The van der Waals surface area contributed by atoms with Crippen LogP contribution in [0.25, 0.3) is 0 Å². The first-order valence-corrected chi connectivity index (χ1v) is 6.38. The van der Waals surface area contributed by atoms with Crippen molar-refractivity contribution in [2.24, 2.45) is 0 Å². The lowest BCUT2D eigenvalue weighted by molar-refractivity contribution is 0.659. The summed E-state index contributed by atoms with van der Waals surface area (Å²) in [5, 5.41) is 3.83. The van der Waals surface area contributed by atoms with E-state index in [-0.39, 0.29) is 0 Å². The van der Waals surface area contributed by atoms with Crippen LogP contribution in [0.15, 0.2) is 25.0 Å². The highest BCUT2D eigenvalue weighted by molar-refractivity contribution is 6.30. The van der Waals surface area contributed by atoms with Crippen LogP contribution in [0.5, 0.6) is 0 Å². The molecule has 0 bridgehead atoms. The second kappa shape index (κ2) is 6.35. The second-order valence-corrected chi connectivity index (χ2v) is 4.28. The topological polar surface area (TPSA) is 55.6 Å². The number of rotatable bonds is 6. The summed E-state index contributed by atoms with van der Waals surface area (Å²) < 4.78 is 2.05. The van der Waals surface area contributed by atoms with Gasteiger partial charge in [-0.3, -0.25) is 0 Å². The zero-order valence-corrected chi connectivity index (χ0v) is 11.1. The Hall–Kier alpha value is -1.62. The fourth-order valence-electron chi connectivity index (χ4n) is 1.74. The van der Waals surface area contributed by atoms with Crippen molar-refractivity contribution < 1.29 is 0 Å². The Labute approximate surface area is 111 Å². The lowest BCUT2D eigenvalue weighted by atomic mass is 10.2. The van der Waals surface area contributed by atoms with E-state index in [2.05, 4.69) is 24.8 Å². The number of aryl methyl sites for hydroxylation is 1. The zero-order chi connectivity index (χ0) is 12.8.